The lowest BCUT2D eigenvalue weighted by molar-refractivity contribution is 0.613. The highest BCUT2D eigenvalue weighted by molar-refractivity contribution is 6.29. The molecule has 0 N–H and O–H groups in total. The van der Waals surface area contributed by atoms with Crippen molar-refractivity contribution in [2.45, 2.75) is 13.8 Å². The first-order valence-corrected chi connectivity index (χ1v) is 6.46. The van der Waals surface area contributed by atoms with Crippen molar-refractivity contribution in [1.29, 1.82) is 0 Å². The van der Waals surface area contributed by atoms with Crippen molar-refractivity contribution < 1.29 is 4.39 Å². The molecule has 0 amide bonds. The predicted octanol–water partition coefficient (Wildman–Crippen LogP) is 3.44. The molecule has 0 spiro atoms. The molecule has 0 bridgehead atoms. The van der Waals surface area contributed by atoms with Crippen molar-refractivity contribution >= 4 is 22.6 Å². The minimum absolute atomic E-state index is 0.110. The highest BCUT2D eigenvalue weighted by Gasteiger charge is 2.16. The first-order chi connectivity index (χ1) is 9.50. The summed E-state index contributed by atoms with van der Waals surface area (Å²) in [5, 5.41) is 0.834. The molecule has 0 aliphatic carbocycles. The molecule has 0 saturated carbocycles. The maximum Gasteiger partial charge on any atom is 0.165 e. The summed E-state index contributed by atoms with van der Waals surface area (Å²) in [6.07, 6.45) is 3.10. The van der Waals surface area contributed by atoms with Gasteiger partial charge in [0.2, 0.25) is 0 Å². The van der Waals surface area contributed by atoms with Crippen LogP contribution < -0.4 is 0 Å². The molecule has 0 fully saturated rings. The zero-order valence-corrected chi connectivity index (χ0v) is 12.0. The lowest BCUT2D eigenvalue weighted by Gasteiger charge is -2.08. The SMILES string of the molecule is Cc1c(-c2cc3c(C)ncnc3n2C)cnc(Cl)c1F. The van der Waals surface area contributed by atoms with Gasteiger partial charge in [-0.25, -0.2) is 19.3 Å². The van der Waals surface area contributed by atoms with Gasteiger partial charge in [0.1, 0.15) is 12.0 Å². The van der Waals surface area contributed by atoms with Crippen molar-refractivity contribution in [3.05, 3.63) is 40.8 Å². The number of halogens is 2. The number of nitrogens with zero attached hydrogens (tertiary/aromatic N) is 4. The Balaban J connectivity index is 2.33. The van der Waals surface area contributed by atoms with Crippen molar-refractivity contribution in [2.75, 3.05) is 0 Å². The lowest BCUT2D eigenvalue weighted by Crippen LogP contribution is -1.98. The van der Waals surface area contributed by atoms with Crippen molar-refractivity contribution in [3.8, 4) is 11.3 Å². The Morgan fingerprint density at radius 3 is 2.65 bits per heavy atom. The van der Waals surface area contributed by atoms with Crippen LogP contribution in [0.4, 0.5) is 4.39 Å². The van der Waals surface area contributed by atoms with Gasteiger partial charge in [-0.15, -0.1) is 0 Å². The third-order valence-electron chi connectivity index (χ3n) is 3.52. The van der Waals surface area contributed by atoms with E-state index in [9.17, 15) is 4.39 Å². The smallest absolute Gasteiger partial charge is 0.165 e. The van der Waals surface area contributed by atoms with Crippen LogP contribution in [0, 0.1) is 19.7 Å². The third-order valence-corrected chi connectivity index (χ3v) is 3.78. The third kappa shape index (κ3) is 1.78. The first kappa shape index (κ1) is 13.0. The topological polar surface area (TPSA) is 43.6 Å². The Hall–Kier alpha value is -2.01. The van der Waals surface area contributed by atoms with Crippen molar-refractivity contribution in [3.63, 3.8) is 0 Å². The second-order valence-electron chi connectivity index (χ2n) is 4.69. The van der Waals surface area contributed by atoms with Crippen LogP contribution in [0.25, 0.3) is 22.3 Å². The standard InChI is InChI=1S/C14H12ClFN4/c1-7-10(5-17-13(15)12(7)16)11-4-9-8(2)18-6-19-14(9)20(11)3/h4-6H,1-3H3. The number of hydrogen-bond acceptors (Lipinski definition) is 3. The van der Waals surface area contributed by atoms with Gasteiger partial charge in [0.25, 0.3) is 0 Å². The molecular weight excluding hydrogens is 279 g/mol. The van der Waals surface area contributed by atoms with Gasteiger partial charge in [-0.3, -0.25) is 0 Å². The van der Waals surface area contributed by atoms with Crippen LogP contribution in [0.3, 0.4) is 0 Å². The van der Waals surface area contributed by atoms with Crippen LogP contribution in [0.2, 0.25) is 5.15 Å². The maximum atomic E-state index is 13.9. The molecule has 3 rings (SSSR count). The second-order valence-corrected chi connectivity index (χ2v) is 5.04. The molecule has 20 heavy (non-hydrogen) atoms. The zero-order valence-electron chi connectivity index (χ0n) is 11.3. The minimum atomic E-state index is -0.489. The van der Waals surface area contributed by atoms with E-state index in [2.05, 4.69) is 15.0 Å². The summed E-state index contributed by atoms with van der Waals surface area (Å²) in [7, 11) is 1.88. The fourth-order valence-corrected chi connectivity index (χ4v) is 2.51. The first-order valence-electron chi connectivity index (χ1n) is 6.08. The molecule has 3 aromatic rings. The predicted molar refractivity (Wildman–Crippen MR) is 76.2 cm³/mol. The van der Waals surface area contributed by atoms with E-state index in [0.29, 0.717) is 11.1 Å². The molecule has 0 aliphatic rings. The number of hydrogen-bond donors (Lipinski definition) is 0. The Morgan fingerprint density at radius 1 is 1.20 bits per heavy atom. The number of aromatic nitrogens is 4. The Bertz CT molecular complexity index is 826. The Morgan fingerprint density at radius 2 is 1.95 bits per heavy atom. The normalized spacial score (nSPS) is 11.2. The monoisotopic (exact) mass is 290 g/mol. The van der Waals surface area contributed by atoms with Gasteiger partial charge >= 0.3 is 0 Å². The lowest BCUT2D eigenvalue weighted by atomic mass is 10.1. The molecule has 0 radical (unpaired) electrons. The van der Waals surface area contributed by atoms with Crippen LogP contribution in [0.1, 0.15) is 11.3 Å². The van der Waals surface area contributed by atoms with Gasteiger partial charge in [-0.1, -0.05) is 11.6 Å². The molecule has 0 aromatic carbocycles. The summed E-state index contributed by atoms with van der Waals surface area (Å²) in [6.45, 7) is 3.61. The maximum absolute atomic E-state index is 13.9. The number of aryl methyl sites for hydroxylation is 2. The van der Waals surface area contributed by atoms with E-state index in [4.69, 9.17) is 11.6 Å². The molecule has 6 heteroatoms. The van der Waals surface area contributed by atoms with Crippen LogP contribution in [-0.2, 0) is 7.05 Å². The molecule has 0 unspecified atom stereocenters. The van der Waals surface area contributed by atoms with E-state index < -0.39 is 5.82 Å². The van der Waals surface area contributed by atoms with E-state index in [0.717, 1.165) is 22.4 Å². The molecule has 0 saturated heterocycles. The van der Waals surface area contributed by atoms with Crippen molar-refractivity contribution in [1.82, 2.24) is 19.5 Å². The van der Waals surface area contributed by atoms with E-state index in [1.807, 2.05) is 24.6 Å². The van der Waals surface area contributed by atoms with Gasteiger partial charge in [0, 0.05) is 24.2 Å². The summed E-state index contributed by atoms with van der Waals surface area (Å²) >= 11 is 5.70. The highest BCUT2D eigenvalue weighted by atomic mass is 35.5. The van der Waals surface area contributed by atoms with E-state index in [1.54, 1.807) is 13.1 Å². The highest BCUT2D eigenvalue weighted by Crippen LogP contribution is 2.31. The fourth-order valence-electron chi connectivity index (χ4n) is 2.32. The molecule has 3 heterocycles. The minimum Gasteiger partial charge on any atom is -0.328 e. The fraction of sp³-hybridized carbons (Fsp3) is 0.214. The van der Waals surface area contributed by atoms with Crippen LogP contribution in [0.15, 0.2) is 18.6 Å². The van der Waals surface area contributed by atoms with Crippen molar-refractivity contribution in [2.24, 2.45) is 7.05 Å². The average Bonchev–Trinajstić information content (AvgIpc) is 2.76. The molecule has 3 aromatic heterocycles. The molecular formula is C14H12ClFN4. The van der Waals surface area contributed by atoms with E-state index in [1.165, 1.54) is 6.33 Å². The molecule has 0 atom stereocenters. The van der Waals surface area contributed by atoms with Gasteiger partial charge in [-0.05, 0) is 25.5 Å². The molecule has 4 nitrogen and oxygen atoms in total. The summed E-state index contributed by atoms with van der Waals surface area (Å²) in [6, 6.07) is 1.95. The summed E-state index contributed by atoms with van der Waals surface area (Å²) in [4.78, 5) is 12.3. The Kier molecular flexibility index (Phi) is 2.94. The van der Waals surface area contributed by atoms with Gasteiger partial charge in [0.15, 0.2) is 11.0 Å². The summed E-state index contributed by atoms with van der Waals surface area (Å²) < 4.78 is 15.8. The summed E-state index contributed by atoms with van der Waals surface area (Å²) in [5.74, 6) is -0.489. The molecule has 102 valence electrons. The number of pyridine rings is 1. The van der Waals surface area contributed by atoms with Gasteiger partial charge < -0.3 is 4.57 Å². The quantitative estimate of drug-likeness (QED) is 0.645. The van der Waals surface area contributed by atoms with Gasteiger partial charge in [0.05, 0.1) is 11.4 Å². The second kappa shape index (κ2) is 4.52. The largest absolute Gasteiger partial charge is 0.328 e. The van der Waals surface area contributed by atoms with E-state index >= 15 is 0 Å². The molecule has 0 aliphatic heterocycles. The van der Waals surface area contributed by atoms with Crippen LogP contribution in [-0.4, -0.2) is 19.5 Å². The summed E-state index contributed by atoms with van der Waals surface area (Å²) in [5.41, 5.74) is 3.71. The van der Waals surface area contributed by atoms with Crippen LogP contribution in [0.5, 0.6) is 0 Å². The van der Waals surface area contributed by atoms with Gasteiger partial charge in [-0.2, -0.15) is 0 Å². The van der Waals surface area contributed by atoms with E-state index in [-0.39, 0.29) is 5.15 Å². The zero-order chi connectivity index (χ0) is 14.4. The number of rotatable bonds is 1. The Labute approximate surface area is 120 Å². The average molecular weight is 291 g/mol. The van der Waals surface area contributed by atoms with Crippen LogP contribution >= 0.6 is 11.6 Å². The number of fused-ring (bicyclic) bond motifs is 1.